The molecule has 2 aromatic carbocycles. The second-order valence-corrected chi connectivity index (χ2v) is 7.33. The third-order valence-electron chi connectivity index (χ3n) is 3.49. The van der Waals surface area contributed by atoms with Crippen molar-refractivity contribution in [2.24, 2.45) is 0 Å². The summed E-state index contributed by atoms with van der Waals surface area (Å²) < 4.78 is 1.27. The first-order valence-electron chi connectivity index (χ1n) is 7.28. The molecule has 0 saturated carbocycles. The van der Waals surface area contributed by atoms with Crippen LogP contribution in [0.3, 0.4) is 0 Å². The fraction of sp³-hybridized carbons (Fsp3) is 0.333. The van der Waals surface area contributed by atoms with Crippen LogP contribution in [0.2, 0.25) is 5.02 Å². The van der Waals surface area contributed by atoms with Crippen LogP contribution >= 0.6 is 34.2 Å². The van der Waals surface area contributed by atoms with E-state index in [2.05, 4.69) is 78.2 Å². The van der Waals surface area contributed by atoms with Crippen molar-refractivity contribution >= 4 is 34.2 Å². The van der Waals surface area contributed by atoms with Crippen LogP contribution in [0.4, 0.5) is 0 Å². The maximum atomic E-state index is 6.15. The van der Waals surface area contributed by atoms with E-state index in [1.807, 2.05) is 12.1 Å². The first-order chi connectivity index (χ1) is 10.0. The topological polar surface area (TPSA) is 12.0 Å². The molecule has 0 aliphatic carbocycles. The summed E-state index contributed by atoms with van der Waals surface area (Å²) >= 11 is 8.50. The van der Waals surface area contributed by atoms with Crippen molar-refractivity contribution in [1.82, 2.24) is 5.32 Å². The van der Waals surface area contributed by atoms with Crippen molar-refractivity contribution in [3.63, 3.8) is 0 Å². The molecule has 0 bridgehead atoms. The Morgan fingerprint density at radius 2 is 1.81 bits per heavy atom. The molecule has 0 saturated heterocycles. The van der Waals surface area contributed by atoms with Crippen LogP contribution in [0.1, 0.15) is 30.9 Å². The first kappa shape index (κ1) is 16.8. The molecule has 112 valence electrons. The molecular formula is C18H21ClIN. The monoisotopic (exact) mass is 413 g/mol. The largest absolute Gasteiger partial charge is 0.314 e. The summed E-state index contributed by atoms with van der Waals surface area (Å²) in [6.45, 7) is 5.32. The van der Waals surface area contributed by atoms with Crippen molar-refractivity contribution in [1.29, 1.82) is 0 Å². The lowest BCUT2D eigenvalue weighted by Gasteiger charge is -2.20. The highest BCUT2D eigenvalue weighted by atomic mass is 127. The van der Waals surface area contributed by atoms with Gasteiger partial charge in [0, 0.05) is 27.1 Å². The minimum absolute atomic E-state index is 0.436. The normalized spacial score (nSPS) is 12.6. The average molecular weight is 414 g/mol. The summed E-state index contributed by atoms with van der Waals surface area (Å²) in [5.41, 5.74) is 2.67. The predicted octanol–water partition coefficient (Wildman–Crippen LogP) is 5.27. The van der Waals surface area contributed by atoms with Crippen molar-refractivity contribution in [3.8, 4) is 0 Å². The highest BCUT2D eigenvalue weighted by Gasteiger charge is 2.13. The van der Waals surface area contributed by atoms with Crippen molar-refractivity contribution < 1.29 is 0 Å². The molecule has 0 heterocycles. The first-order valence-corrected chi connectivity index (χ1v) is 8.73. The lowest BCUT2D eigenvalue weighted by atomic mass is 9.91. The molecule has 2 aromatic rings. The van der Waals surface area contributed by atoms with Gasteiger partial charge in [0.25, 0.3) is 0 Å². The van der Waals surface area contributed by atoms with Crippen molar-refractivity contribution in [2.75, 3.05) is 6.54 Å². The van der Waals surface area contributed by atoms with Gasteiger partial charge >= 0.3 is 0 Å². The Morgan fingerprint density at radius 3 is 2.43 bits per heavy atom. The van der Waals surface area contributed by atoms with Gasteiger partial charge in [-0.1, -0.05) is 49.7 Å². The molecule has 1 nitrogen and oxygen atoms in total. The smallest absolute Gasteiger partial charge is 0.0408 e. The summed E-state index contributed by atoms with van der Waals surface area (Å²) in [6.07, 6.45) is 1.02. The van der Waals surface area contributed by atoms with E-state index in [0.717, 1.165) is 18.0 Å². The average Bonchev–Trinajstić information content (AvgIpc) is 2.45. The molecule has 0 amide bonds. The number of hydrogen-bond donors (Lipinski definition) is 1. The summed E-state index contributed by atoms with van der Waals surface area (Å²) in [5, 5.41) is 4.36. The SMILES string of the molecule is CC(C)NCC(Cc1ccc(I)cc1)c1cccc(Cl)c1. The van der Waals surface area contributed by atoms with Crippen molar-refractivity contribution in [3.05, 3.63) is 68.3 Å². The van der Waals surface area contributed by atoms with Crippen LogP contribution in [0.25, 0.3) is 0 Å². The fourth-order valence-electron chi connectivity index (χ4n) is 2.35. The maximum Gasteiger partial charge on any atom is 0.0408 e. The molecular weight excluding hydrogens is 393 g/mol. The molecule has 3 heteroatoms. The number of rotatable bonds is 6. The summed E-state index contributed by atoms with van der Waals surface area (Å²) in [7, 11) is 0. The second-order valence-electron chi connectivity index (χ2n) is 5.65. The van der Waals surface area contributed by atoms with Crippen LogP contribution in [-0.4, -0.2) is 12.6 Å². The molecule has 1 N–H and O–H groups in total. The number of nitrogens with one attached hydrogen (secondary N) is 1. The number of halogens is 2. The maximum absolute atomic E-state index is 6.15. The van der Waals surface area contributed by atoms with Gasteiger partial charge in [0.2, 0.25) is 0 Å². The standard InChI is InChI=1S/C18H21ClIN/c1-13(2)21-12-16(15-4-3-5-17(19)11-15)10-14-6-8-18(20)9-7-14/h3-9,11,13,16,21H,10,12H2,1-2H3. The zero-order valence-electron chi connectivity index (χ0n) is 12.4. The highest BCUT2D eigenvalue weighted by Crippen LogP contribution is 2.23. The Labute approximate surface area is 146 Å². The fourth-order valence-corrected chi connectivity index (χ4v) is 2.91. The van der Waals surface area contributed by atoms with Crippen LogP contribution in [0, 0.1) is 3.57 Å². The van der Waals surface area contributed by atoms with E-state index < -0.39 is 0 Å². The third kappa shape index (κ3) is 5.61. The lowest BCUT2D eigenvalue weighted by Crippen LogP contribution is -2.29. The van der Waals surface area contributed by atoms with Crippen LogP contribution in [-0.2, 0) is 6.42 Å². The summed E-state index contributed by atoms with van der Waals surface area (Å²) in [6, 6.07) is 17.5. The Morgan fingerprint density at radius 1 is 1.10 bits per heavy atom. The van der Waals surface area contributed by atoms with E-state index in [0.29, 0.717) is 12.0 Å². The molecule has 0 aliphatic heterocycles. The van der Waals surface area contributed by atoms with Gasteiger partial charge in [-0.3, -0.25) is 0 Å². The van der Waals surface area contributed by atoms with Gasteiger partial charge < -0.3 is 5.32 Å². The Balaban J connectivity index is 2.17. The van der Waals surface area contributed by atoms with Gasteiger partial charge in [0.15, 0.2) is 0 Å². The van der Waals surface area contributed by atoms with Gasteiger partial charge in [0.1, 0.15) is 0 Å². The van der Waals surface area contributed by atoms with E-state index in [1.54, 1.807) is 0 Å². The minimum atomic E-state index is 0.436. The minimum Gasteiger partial charge on any atom is -0.314 e. The molecule has 1 unspecified atom stereocenters. The van der Waals surface area contributed by atoms with Gasteiger partial charge in [-0.15, -0.1) is 0 Å². The molecule has 2 rings (SSSR count). The van der Waals surface area contributed by atoms with E-state index >= 15 is 0 Å². The van der Waals surface area contributed by atoms with Crippen LogP contribution < -0.4 is 5.32 Å². The Bertz CT molecular complexity index is 566. The Hall–Kier alpha value is -0.580. The van der Waals surface area contributed by atoms with E-state index in [-0.39, 0.29) is 0 Å². The summed E-state index contributed by atoms with van der Waals surface area (Å²) in [4.78, 5) is 0. The zero-order valence-corrected chi connectivity index (χ0v) is 15.4. The lowest BCUT2D eigenvalue weighted by molar-refractivity contribution is 0.527. The molecule has 0 aromatic heterocycles. The molecule has 0 fully saturated rings. The van der Waals surface area contributed by atoms with Crippen LogP contribution in [0.5, 0.6) is 0 Å². The van der Waals surface area contributed by atoms with Crippen molar-refractivity contribution in [2.45, 2.75) is 32.2 Å². The quantitative estimate of drug-likeness (QED) is 0.636. The number of hydrogen-bond acceptors (Lipinski definition) is 1. The second kappa shape index (κ2) is 8.16. The highest BCUT2D eigenvalue weighted by molar-refractivity contribution is 14.1. The van der Waals surface area contributed by atoms with E-state index in [1.165, 1.54) is 14.7 Å². The zero-order chi connectivity index (χ0) is 15.2. The van der Waals surface area contributed by atoms with Gasteiger partial charge in [0.05, 0.1) is 0 Å². The molecule has 0 spiro atoms. The summed E-state index contributed by atoms with van der Waals surface area (Å²) in [5.74, 6) is 0.436. The molecule has 0 radical (unpaired) electrons. The van der Waals surface area contributed by atoms with E-state index in [9.17, 15) is 0 Å². The molecule has 1 atom stereocenters. The van der Waals surface area contributed by atoms with E-state index in [4.69, 9.17) is 11.6 Å². The molecule has 0 aliphatic rings. The van der Waals surface area contributed by atoms with Crippen LogP contribution in [0.15, 0.2) is 48.5 Å². The van der Waals surface area contributed by atoms with Gasteiger partial charge in [-0.2, -0.15) is 0 Å². The van der Waals surface area contributed by atoms with Gasteiger partial charge in [-0.05, 0) is 64.4 Å². The third-order valence-corrected chi connectivity index (χ3v) is 4.44. The molecule has 21 heavy (non-hydrogen) atoms. The predicted molar refractivity (Wildman–Crippen MR) is 100 cm³/mol. The number of benzene rings is 2. The Kier molecular flexibility index (Phi) is 6.52. The van der Waals surface area contributed by atoms with Gasteiger partial charge in [-0.25, -0.2) is 0 Å².